The number of aromatic carboxylic acids is 1. The summed E-state index contributed by atoms with van der Waals surface area (Å²) in [4.78, 5) is 16.0. The quantitative estimate of drug-likeness (QED) is 0.843. The molecule has 0 fully saturated rings. The first kappa shape index (κ1) is 13.6. The van der Waals surface area contributed by atoms with Crippen LogP contribution in [0.2, 0.25) is 0 Å². The molecule has 0 radical (unpaired) electrons. The Morgan fingerprint density at radius 3 is 2.72 bits per heavy atom. The molecule has 0 bridgehead atoms. The van der Waals surface area contributed by atoms with Gasteiger partial charge in [-0.3, -0.25) is 0 Å². The number of aromatic nitrogens is 1. The predicted octanol–water partition coefficient (Wildman–Crippen LogP) is 4.46. The van der Waals surface area contributed by atoms with Gasteiger partial charge in [0.1, 0.15) is 5.03 Å². The largest absolute Gasteiger partial charge is 0.478 e. The van der Waals surface area contributed by atoms with Gasteiger partial charge in [-0.2, -0.15) is 0 Å². The van der Waals surface area contributed by atoms with Crippen LogP contribution in [0.5, 0.6) is 0 Å². The molecule has 0 amide bonds. The van der Waals surface area contributed by atoms with Gasteiger partial charge in [0, 0.05) is 15.6 Å². The summed E-state index contributed by atoms with van der Waals surface area (Å²) in [7, 11) is 0. The van der Waals surface area contributed by atoms with Gasteiger partial charge < -0.3 is 5.11 Å². The van der Waals surface area contributed by atoms with Crippen molar-refractivity contribution in [2.75, 3.05) is 0 Å². The van der Waals surface area contributed by atoms with E-state index in [2.05, 4.69) is 36.8 Å². The Labute approximate surface area is 125 Å². The highest BCUT2D eigenvalue weighted by Crippen LogP contribution is 2.33. The number of nitrogens with zero attached hydrogens (tertiary/aromatic N) is 1. The standard InChI is InChI=1S/C12H7Br2NO2S/c13-8-5-10(14)11(15-6-8)18-9-3-1-2-7(4-9)12(16)17/h1-6H,(H,16,17). The van der Waals surface area contributed by atoms with Crippen LogP contribution in [-0.2, 0) is 0 Å². The van der Waals surface area contributed by atoms with Crippen molar-refractivity contribution >= 4 is 49.6 Å². The van der Waals surface area contributed by atoms with E-state index in [1.165, 1.54) is 11.8 Å². The fourth-order valence-electron chi connectivity index (χ4n) is 1.28. The first-order chi connectivity index (χ1) is 8.56. The third kappa shape index (κ3) is 3.34. The highest BCUT2D eigenvalue weighted by atomic mass is 79.9. The monoisotopic (exact) mass is 387 g/mol. The molecule has 0 aliphatic heterocycles. The van der Waals surface area contributed by atoms with Gasteiger partial charge in [0.15, 0.2) is 0 Å². The Morgan fingerprint density at radius 1 is 1.28 bits per heavy atom. The zero-order valence-electron chi connectivity index (χ0n) is 8.93. The SMILES string of the molecule is O=C(O)c1cccc(Sc2ncc(Br)cc2Br)c1. The number of benzene rings is 1. The van der Waals surface area contributed by atoms with Crippen molar-refractivity contribution in [2.24, 2.45) is 0 Å². The zero-order valence-corrected chi connectivity index (χ0v) is 12.9. The van der Waals surface area contributed by atoms with Gasteiger partial charge in [0.25, 0.3) is 0 Å². The highest BCUT2D eigenvalue weighted by Gasteiger charge is 2.07. The van der Waals surface area contributed by atoms with Crippen molar-refractivity contribution in [3.8, 4) is 0 Å². The first-order valence-electron chi connectivity index (χ1n) is 4.88. The molecule has 0 saturated carbocycles. The van der Waals surface area contributed by atoms with E-state index in [-0.39, 0.29) is 5.56 Å². The topological polar surface area (TPSA) is 50.2 Å². The van der Waals surface area contributed by atoms with Crippen molar-refractivity contribution in [1.29, 1.82) is 0 Å². The van der Waals surface area contributed by atoms with Crippen molar-refractivity contribution in [1.82, 2.24) is 4.98 Å². The third-order valence-corrected chi connectivity index (χ3v) is 4.38. The molecule has 3 nitrogen and oxygen atoms in total. The zero-order chi connectivity index (χ0) is 13.1. The molecule has 18 heavy (non-hydrogen) atoms. The maximum atomic E-state index is 10.9. The van der Waals surface area contributed by atoms with E-state index < -0.39 is 5.97 Å². The van der Waals surface area contributed by atoms with Gasteiger partial charge in [0.05, 0.1) is 10.0 Å². The molecule has 0 saturated heterocycles. The van der Waals surface area contributed by atoms with Crippen LogP contribution < -0.4 is 0 Å². The molecule has 1 N–H and O–H groups in total. The lowest BCUT2D eigenvalue weighted by molar-refractivity contribution is 0.0696. The molecule has 2 rings (SSSR count). The molecule has 1 aromatic heterocycles. The fourth-order valence-corrected chi connectivity index (χ4v) is 3.33. The van der Waals surface area contributed by atoms with Crippen LogP contribution in [0, 0.1) is 0 Å². The number of halogens is 2. The normalized spacial score (nSPS) is 10.3. The number of carboxylic acids is 1. The van der Waals surface area contributed by atoms with Crippen LogP contribution >= 0.6 is 43.6 Å². The van der Waals surface area contributed by atoms with Crippen LogP contribution in [0.3, 0.4) is 0 Å². The maximum Gasteiger partial charge on any atom is 0.335 e. The van der Waals surface area contributed by atoms with Crippen molar-refractivity contribution in [3.63, 3.8) is 0 Å². The lowest BCUT2D eigenvalue weighted by atomic mass is 10.2. The molecule has 0 aliphatic carbocycles. The van der Waals surface area contributed by atoms with E-state index in [4.69, 9.17) is 5.11 Å². The molecule has 0 atom stereocenters. The number of pyridine rings is 1. The van der Waals surface area contributed by atoms with Gasteiger partial charge in [-0.1, -0.05) is 17.8 Å². The Hall–Kier alpha value is -0.850. The van der Waals surface area contributed by atoms with Crippen LogP contribution in [0.15, 0.2) is 55.4 Å². The van der Waals surface area contributed by atoms with Crippen molar-refractivity contribution in [2.45, 2.75) is 9.92 Å². The molecule has 0 aliphatic rings. The summed E-state index contributed by atoms with van der Waals surface area (Å²) in [5.74, 6) is -0.930. The van der Waals surface area contributed by atoms with Crippen LogP contribution in [0.1, 0.15) is 10.4 Å². The van der Waals surface area contributed by atoms with E-state index in [9.17, 15) is 4.79 Å². The number of hydrogen-bond donors (Lipinski definition) is 1. The van der Waals surface area contributed by atoms with E-state index in [1.54, 1.807) is 24.4 Å². The average Bonchev–Trinajstić information content (AvgIpc) is 2.33. The van der Waals surface area contributed by atoms with E-state index in [0.29, 0.717) is 0 Å². The minimum absolute atomic E-state index is 0.272. The van der Waals surface area contributed by atoms with Gasteiger partial charge in [0.2, 0.25) is 0 Å². The van der Waals surface area contributed by atoms with E-state index in [0.717, 1.165) is 18.9 Å². The molecule has 0 unspecified atom stereocenters. The number of carbonyl (C=O) groups is 1. The second-order valence-electron chi connectivity index (χ2n) is 3.38. The van der Waals surface area contributed by atoms with E-state index >= 15 is 0 Å². The second-order valence-corrected chi connectivity index (χ2v) is 6.21. The van der Waals surface area contributed by atoms with Gasteiger partial charge in [-0.05, 0) is 56.1 Å². The minimum atomic E-state index is -0.930. The van der Waals surface area contributed by atoms with Crippen LogP contribution in [0.4, 0.5) is 0 Å². The third-order valence-electron chi connectivity index (χ3n) is 2.07. The summed E-state index contributed by atoms with van der Waals surface area (Å²) < 4.78 is 1.75. The molecule has 92 valence electrons. The maximum absolute atomic E-state index is 10.9. The van der Waals surface area contributed by atoms with Gasteiger partial charge in [-0.15, -0.1) is 0 Å². The van der Waals surface area contributed by atoms with Crippen molar-refractivity contribution < 1.29 is 9.90 Å². The number of rotatable bonds is 3. The fraction of sp³-hybridized carbons (Fsp3) is 0. The Balaban J connectivity index is 2.28. The van der Waals surface area contributed by atoms with Gasteiger partial charge >= 0.3 is 5.97 Å². The molecular formula is C12H7Br2NO2S. The molecule has 2 aromatic rings. The minimum Gasteiger partial charge on any atom is -0.478 e. The predicted molar refractivity (Wildman–Crippen MR) is 77.2 cm³/mol. The summed E-state index contributed by atoms with van der Waals surface area (Å²) >= 11 is 8.17. The second kappa shape index (κ2) is 5.86. The molecule has 0 spiro atoms. The summed E-state index contributed by atoms with van der Waals surface area (Å²) in [5.41, 5.74) is 0.272. The van der Waals surface area contributed by atoms with Crippen LogP contribution in [0.25, 0.3) is 0 Å². The Kier molecular flexibility index (Phi) is 4.42. The summed E-state index contributed by atoms with van der Waals surface area (Å²) in [6, 6.07) is 8.67. The van der Waals surface area contributed by atoms with E-state index in [1.807, 2.05) is 12.1 Å². The smallest absolute Gasteiger partial charge is 0.335 e. The van der Waals surface area contributed by atoms with Crippen molar-refractivity contribution in [3.05, 3.63) is 51.0 Å². The first-order valence-corrected chi connectivity index (χ1v) is 7.29. The lowest BCUT2D eigenvalue weighted by Gasteiger charge is -2.04. The Bertz CT molecular complexity index is 604. The van der Waals surface area contributed by atoms with Crippen LogP contribution in [-0.4, -0.2) is 16.1 Å². The van der Waals surface area contributed by atoms with Gasteiger partial charge in [-0.25, -0.2) is 9.78 Å². The molecule has 1 aromatic carbocycles. The Morgan fingerprint density at radius 2 is 2.06 bits per heavy atom. The summed E-state index contributed by atoms with van der Waals surface area (Å²) in [6.07, 6.45) is 1.70. The molecule has 1 heterocycles. The molecule has 6 heteroatoms. The average molecular weight is 389 g/mol. The summed E-state index contributed by atoms with van der Waals surface area (Å²) in [6.45, 7) is 0. The highest BCUT2D eigenvalue weighted by molar-refractivity contribution is 9.11. The lowest BCUT2D eigenvalue weighted by Crippen LogP contribution is -1.95. The molecular weight excluding hydrogens is 382 g/mol. The number of hydrogen-bond acceptors (Lipinski definition) is 3. The number of carboxylic acid groups (broad SMARTS) is 1. The summed E-state index contributed by atoms with van der Waals surface area (Å²) in [5, 5.41) is 9.72.